The summed E-state index contributed by atoms with van der Waals surface area (Å²) in [5.74, 6) is -1.04. The molecule has 1 amide bonds. The Morgan fingerprint density at radius 1 is 1.03 bits per heavy atom. The molecule has 156 valence electrons. The standard InChI is InChI=1S/C22H20BrFN2O3S/c1-16-7-12-19(24)13-21(16)25-22(27)15-26(14-17-8-10-18(23)11-9-17)30(28,29)20-5-3-2-4-6-20/h2-13H,14-15H2,1H3,(H,25,27). The van der Waals surface area contributed by atoms with Gasteiger partial charge in [-0.05, 0) is 54.4 Å². The Labute approximate surface area is 183 Å². The number of hydrogen-bond donors (Lipinski definition) is 1. The number of nitrogens with one attached hydrogen (secondary N) is 1. The Kier molecular flexibility index (Phi) is 7.02. The molecule has 0 fully saturated rings. The second-order valence-corrected chi connectivity index (χ2v) is 9.57. The predicted molar refractivity (Wildman–Crippen MR) is 118 cm³/mol. The minimum Gasteiger partial charge on any atom is -0.325 e. The molecule has 0 spiro atoms. The molecule has 3 aromatic rings. The third kappa shape index (κ3) is 5.53. The van der Waals surface area contributed by atoms with E-state index in [-0.39, 0.29) is 11.4 Å². The zero-order valence-electron chi connectivity index (χ0n) is 16.2. The summed E-state index contributed by atoms with van der Waals surface area (Å²) in [6, 6.07) is 19.2. The second kappa shape index (κ2) is 9.51. The normalized spacial score (nSPS) is 11.5. The highest BCUT2D eigenvalue weighted by molar-refractivity contribution is 9.10. The fourth-order valence-corrected chi connectivity index (χ4v) is 4.51. The van der Waals surface area contributed by atoms with Crippen LogP contribution >= 0.6 is 15.9 Å². The average Bonchev–Trinajstić information content (AvgIpc) is 2.72. The Morgan fingerprint density at radius 2 is 1.70 bits per heavy atom. The van der Waals surface area contributed by atoms with Crippen LogP contribution in [0, 0.1) is 12.7 Å². The van der Waals surface area contributed by atoms with Crippen LogP contribution in [0.5, 0.6) is 0 Å². The third-order valence-corrected chi connectivity index (χ3v) is 6.78. The number of carbonyl (C=O) groups excluding carboxylic acids is 1. The zero-order valence-corrected chi connectivity index (χ0v) is 18.6. The summed E-state index contributed by atoms with van der Waals surface area (Å²) in [6.07, 6.45) is 0. The van der Waals surface area contributed by atoms with Crippen molar-refractivity contribution in [1.29, 1.82) is 0 Å². The summed E-state index contributed by atoms with van der Waals surface area (Å²) in [7, 11) is -3.93. The Hall–Kier alpha value is -2.55. The van der Waals surface area contributed by atoms with Gasteiger partial charge in [-0.25, -0.2) is 12.8 Å². The molecule has 0 aliphatic carbocycles. The van der Waals surface area contributed by atoms with E-state index < -0.39 is 28.3 Å². The number of benzene rings is 3. The van der Waals surface area contributed by atoms with E-state index in [0.717, 1.165) is 14.3 Å². The van der Waals surface area contributed by atoms with E-state index in [0.29, 0.717) is 11.3 Å². The number of halogens is 2. The monoisotopic (exact) mass is 490 g/mol. The van der Waals surface area contributed by atoms with Crippen molar-refractivity contribution in [2.75, 3.05) is 11.9 Å². The summed E-state index contributed by atoms with van der Waals surface area (Å²) in [6.45, 7) is 1.33. The van der Waals surface area contributed by atoms with Gasteiger partial charge in [-0.1, -0.05) is 52.3 Å². The number of carbonyl (C=O) groups is 1. The van der Waals surface area contributed by atoms with Gasteiger partial charge in [-0.3, -0.25) is 4.79 Å². The van der Waals surface area contributed by atoms with Crippen LogP contribution in [0.4, 0.5) is 10.1 Å². The van der Waals surface area contributed by atoms with Crippen molar-refractivity contribution >= 4 is 37.5 Å². The van der Waals surface area contributed by atoms with Gasteiger partial charge in [0.2, 0.25) is 15.9 Å². The van der Waals surface area contributed by atoms with Crippen LogP contribution in [0.3, 0.4) is 0 Å². The largest absolute Gasteiger partial charge is 0.325 e. The minimum atomic E-state index is -3.93. The lowest BCUT2D eigenvalue weighted by atomic mass is 10.2. The van der Waals surface area contributed by atoms with Gasteiger partial charge >= 0.3 is 0 Å². The van der Waals surface area contributed by atoms with Crippen LogP contribution in [0.25, 0.3) is 0 Å². The van der Waals surface area contributed by atoms with Crippen LogP contribution < -0.4 is 5.32 Å². The summed E-state index contributed by atoms with van der Waals surface area (Å²) in [4.78, 5) is 12.8. The maximum Gasteiger partial charge on any atom is 0.243 e. The summed E-state index contributed by atoms with van der Waals surface area (Å²) in [5, 5.41) is 2.61. The molecule has 0 atom stereocenters. The van der Waals surface area contributed by atoms with Crippen LogP contribution in [0.15, 0.2) is 82.2 Å². The molecule has 5 nitrogen and oxygen atoms in total. The van der Waals surface area contributed by atoms with E-state index in [9.17, 15) is 17.6 Å². The van der Waals surface area contributed by atoms with E-state index in [4.69, 9.17) is 0 Å². The van der Waals surface area contributed by atoms with Crippen molar-refractivity contribution in [1.82, 2.24) is 4.31 Å². The van der Waals surface area contributed by atoms with Gasteiger partial charge in [0.15, 0.2) is 0 Å². The van der Waals surface area contributed by atoms with E-state index in [2.05, 4.69) is 21.2 Å². The fraction of sp³-hybridized carbons (Fsp3) is 0.136. The Balaban J connectivity index is 1.87. The number of rotatable bonds is 7. The third-order valence-electron chi connectivity index (χ3n) is 4.45. The van der Waals surface area contributed by atoms with Crippen molar-refractivity contribution in [3.05, 3.63) is 94.2 Å². The molecule has 0 aliphatic rings. The van der Waals surface area contributed by atoms with Gasteiger partial charge < -0.3 is 5.32 Å². The molecule has 0 saturated heterocycles. The maximum atomic E-state index is 13.5. The van der Waals surface area contributed by atoms with Crippen LogP contribution in [-0.4, -0.2) is 25.2 Å². The molecule has 1 N–H and O–H groups in total. The van der Waals surface area contributed by atoms with E-state index in [1.807, 2.05) is 0 Å². The van der Waals surface area contributed by atoms with E-state index >= 15 is 0 Å². The molecule has 0 unspecified atom stereocenters. The van der Waals surface area contributed by atoms with Gasteiger partial charge in [0.25, 0.3) is 0 Å². The summed E-state index contributed by atoms with van der Waals surface area (Å²) < 4.78 is 41.9. The fourth-order valence-electron chi connectivity index (χ4n) is 2.84. The van der Waals surface area contributed by atoms with Crippen molar-refractivity contribution in [2.45, 2.75) is 18.4 Å². The summed E-state index contributed by atoms with van der Waals surface area (Å²) in [5.41, 5.74) is 1.71. The molecule has 0 radical (unpaired) electrons. The number of nitrogens with zero attached hydrogens (tertiary/aromatic N) is 1. The van der Waals surface area contributed by atoms with E-state index in [1.165, 1.54) is 24.3 Å². The molecular formula is C22H20BrFN2O3S. The lowest BCUT2D eigenvalue weighted by Gasteiger charge is -2.22. The highest BCUT2D eigenvalue weighted by atomic mass is 79.9. The first-order valence-electron chi connectivity index (χ1n) is 9.11. The first kappa shape index (κ1) is 22.1. The van der Waals surface area contributed by atoms with Crippen LogP contribution in [-0.2, 0) is 21.4 Å². The van der Waals surface area contributed by atoms with Crippen LogP contribution in [0.1, 0.15) is 11.1 Å². The van der Waals surface area contributed by atoms with Crippen molar-refractivity contribution < 1.29 is 17.6 Å². The number of hydrogen-bond acceptors (Lipinski definition) is 3. The molecule has 0 heterocycles. The SMILES string of the molecule is Cc1ccc(F)cc1NC(=O)CN(Cc1ccc(Br)cc1)S(=O)(=O)c1ccccc1. The van der Waals surface area contributed by atoms with Gasteiger partial charge in [0, 0.05) is 16.7 Å². The first-order valence-corrected chi connectivity index (χ1v) is 11.3. The molecule has 30 heavy (non-hydrogen) atoms. The average molecular weight is 491 g/mol. The smallest absolute Gasteiger partial charge is 0.243 e. The molecule has 3 aromatic carbocycles. The molecule has 8 heteroatoms. The van der Waals surface area contributed by atoms with Gasteiger partial charge in [0.1, 0.15) is 5.82 Å². The second-order valence-electron chi connectivity index (χ2n) is 6.72. The lowest BCUT2D eigenvalue weighted by molar-refractivity contribution is -0.116. The Morgan fingerprint density at radius 3 is 2.37 bits per heavy atom. The summed E-state index contributed by atoms with van der Waals surface area (Å²) >= 11 is 3.35. The zero-order chi connectivity index (χ0) is 21.7. The molecular weight excluding hydrogens is 471 g/mol. The molecule has 0 bridgehead atoms. The quantitative estimate of drug-likeness (QED) is 0.520. The Bertz CT molecular complexity index is 1140. The molecule has 3 rings (SSSR count). The van der Waals surface area contributed by atoms with E-state index in [1.54, 1.807) is 55.5 Å². The van der Waals surface area contributed by atoms with Gasteiger partial charge in [-0.2, -0.15) is 4.31 Å². The van der Waals surface area contributed by atoms with Crippen molar-refractivity contribution in [3.63, 3.8) is 0 Å². The van der Waals surface area contributed by atoms with Crippen LogP contribution in [0.2, 0.25) is 0 Å². The topological polar surface area (TPSA) is 66.5 Å². The molecule has 0 saturated carbocycles. The van der Waals surface area contributed by atoms with Gasteiger partial charge in [0.05, 0.1) is 11.4 Å². The predicted octanol–water partition coefficient (Wildman–Crippen LogP) is 4.73. The number of anilines is 1. The van der Waals surface area contributed by atoms with Gasteiger partial charge in [-0.15, -0.1) is 0 Å². The highest BCUT2D eigenvalue weighted by Crippen LogP contribution is 2.21. The van der Waals surface area contributed by atoms with Crippen molar-refractivity contribution in [3.8, 4) is 0 Å². The first-order chi connectivity index (χ1) is 14.3. The van der Waals surface area contributed by atoms with Crippen molar-refractivity contribution in [2.24, 2.45) is 0 Å². The number of sulfonamides is 1. The maximum absolute atomic E-state index is 13.5. The minimum absolute atomic E-state index is 0.0139. The number of amides is 1. The number of aryl methyl sites for hydroxylation is 1. The highest BCUT2D eigenvalue weighted by Gasteiger charge is 2.27. The molecule has 0 aliphatic heterocycles. The molecule has 0 aromatic heterocycles. The lowest BCUT2D eigenvalue weighted by Crippen LogP contribution is -2.37.